The normalized spacial score (nSPS) is 17.0. The molecule has 0 N–H and O–H groups in total. The largest absolute Gasteiger partial charge is 0.334 e. The van der Waals surface area contributed by atoms with E-state index < -0.39 is 10.5 Å². The van der Waals surface area contributed by atoms with Crippen LogP contribution < -0.4 is 5.56 Å². The molecule has 0 radical (unpaired) electrons. The van der Waals surface area contributed by atoms with E-state index in [1.54, 1.807) is 10.6 Å². The molecule has 0 aliphatic heterocycles. The van der Waals surface area contributed by atoms with Gasteiger partial charge in [0.05, 0.1) is 4.92 Å². The first-order valence-corrected chi connectivity index (χ1v) is 5.98. The minimum absolute atomic E-state index is 0.135. The maximum atomic E-state index is 12.1. The third-order valence-electron chi connectivity index (χ3n) is 3.44. The monoisotopic (exact) mass is 236 g/mol. The molecule has 0 spiro atoms. The molecule has 17 heavy (non-hydrogen) atoms. The maximum Gasteiger partial charge on any atom is 0.334 e. The van der Waals surface area contributed by atoms with Gasteiger partial charge in [0.2, 0.25) is 0 Å². The van der Waals surface area contributed by atoms with Crippen molar-refractivity contribution in [1.82, 2.24) is 4.57 Å². The van der Waals surface area contributed by atoms with Crippen LogP contribution in [0.15, 0.2) is 16.9 Å². The summed E-state index contributed by atoms with van der Waals surface area (Å²) in [5, 5.41) is 10.8. The van der Waals surface area contributed by atoms with Crippen molar-refractivity contribution in [2.45, 2.75) is 45.1 Å². The van der Waals surface area contributed by atoms with Gasteiger partial charge >= 0.3 is 11.2 Å². The molecule has 1 aliphatic rings. The molecule has 92 valence electrons. The number of aromatic nitrogens is 1. The zero-order valence-corrected chi connectivity index (χ0v) is 9.89. The summed E-state index contributed by atoms with van der Waals surface area (Å²) in [6.45, 7) is 1.83. The molecule has 0 unspecified atom stereocenters. The van der Waals surface area contributed by atoms with Crippen LogP contribution in [-0.2, 0) is 0 Å². The lowest BCUT2D eigenvalue weighted by Crippen LogP contribution is -2.29. The van der Waals surface area contributed by atoms with Crippen LogP contribution >= 0.6 is 0 Å². The fourth-order valence-electron chi connectivity index (χ4n) is 2.57. The highest BCUT2D eigenvalue weighted by Crippen LogP contribution is 2.28. The van der Waals surface area contributed by atoms with Crippen molar-refractivity contribution in [2.24, 2.45) is 0 Å². The highest BCUT2D eigenvalue weighted by Gasteiger charge is 2.22. The summed E-state index contributed by atoms with van der Waals surface area (Å²) in [5.41, 5.74) is 0.0376. The van der Waals surface area contributed by atoms with E-state index in [4.69, 9.17) is 0 Å². The molecule has 1 saturated carbocycles. The van der Waals surface area contributed by atoms with Crippen molar-refractivity contribution >= 4 is 5.69 Å². The molecule has 0 atom stereocenters. The lowest BCUT2D eigenvalue weighted by Gasteiger charge is -2.25. The number of nitro groups is 1. The van der Waals surface area contributed by atoms with Crippen LogP contribution in [0.4, 0.5) is 5.69 Å². The molecule has 5 nitrogen and oxygen atoms in total. The third kappa shape index (κ3) is 2.23. The van der Waals surface area contributed by atoms with E-state index in [1.807, 2.05) is 6.92 Å². The van der Waals surface area contributed by atoms with Crippen molar-refractivity contribution in [1.29, 1.82) is 0 Å². The summed E-state index contributed by atoms with van der Waals surface area (Å²) in [4.78, 5) is 22.2. The Bertz CT molecular complexity index is 487. The number of nitrogens with zero attached hydrogens (tertiary/aromatic N) is 2. The van der Waals surface area contributed by atoms with Gasteiger partial charge in [-0.15, -0.1) is 0 Å². The molecule has 0 amide bonds. The Kier molecular flexibility index (Phi) is 3.26. The lowest BCUT2D eigenvalue weighted by atomic mass is 9.95. The number of pyridine rings is 1. The van der Waals surface area contributed by atoms with Gasteiger partial charge in [-0.2, -0.15) is 0 Å². The van der Waals surface area contributed by atoms with Gasteiger partial charge in [0.15, 0.2) is 0 Å². The van der Waals surface area contributed by atoms with Crippen molar-refractivity contribution in [3.63, 3.8) is 0 Å². The van der Waals surface area contributed by atoms with Crippen LogP contribution in [0.25, 0.3) is 0 Å². The maximum absolute atomic E-state index is 12.1. The Morgan fingerprint density at radius 2 is 1.94 bits per heavy atom. The molecular formula is C12H16N2O3. The Morgan fingerprint density at radius 3 is 2.53 bits per heavy atom. The van der Waals surface area contributed by atoms with Gasteiger partial charge < -0.3 is 4.57 Å². The Labute approximate surface area is 99.2 Å². The second kappa shape index (κ2) is 4.69. The predicted molar refractivity (Wildman–Crippen MR) is 64.2 cm³/mol. The van der Waals surface area contributed by atoms with Crippen LogP contribution in [0.1, 0.15) is 43.8 Å². The number of rotatable bonds is 2. The predicted octanol–water partition coefficient (Wildman–Crippen LogP) is 2.57. The summed E-state index contributed by atoms with van der Waals surface area (Å²) >= 11 is 0. The van der Waals surface area contributed by atoms with Crippen LogP contribution in [0.2, 0.25) is 0 Å². The van der Waals surface area contributed by atoms with Gasteiger partial charge in [0.1, 0.15) is 0 Å². The standard InChI is InChI=1S/C12H16N2O3/c1-9-7-8-11(14(16)17)12(15)13(9)10-5-3-2-4-6-10/h7-8,10H,2-6H2,1H3. The van der Waals surface area contributed by atoms with Crippen LogP contribution in [0.3, 0.4) is 0 Å². The van der Waals surface area contributed by atoms with Crippen LogP contribution in [0.5, 0.6) is 0 Å². The molecule has 1 aromatic rings. The van der Waals surface area contributed by atoms with Gasteiger partial charge in [-0.1, -0.05) is 19.3 Å². The summed E-state index contributed by atoms with van der Waals surface area (Å²) in [6.07, 6.45) is 5.28. The fourth-order valence-corrected chi connectivity index (χ4v) is 2.57. The summed E-state index contributed by atoms with van der Waals surface area (Å²) in [6, 6.07) is 3.10. The summed E-state index contributed by atoms with van der Waals surface area (Å²) in [5.74, 6) is 0. The first kappa shape index (κ1) is 11.8. The molecule has 1 aromatic heterocycles. The molecular weight excluding hydrogens is 220 g/mol. The minimum Gasteiger partial charge on any atom is -0.304 e. The smallest absolute Gasteiger partial charge is 0.304 e. The molecule has 1 heterocycles. The SMILES string of the molecule is Cc1ccc([N+](=O)[O-])c(=O)n1C1CCCCC1. The van der Waals surface area contributed by atoms with Crippen LogP contribution in [0, 0.1) is 17.0 Å². The fraction of sp³-hybridized carbons (Fsp3) is 0.583. The van der Waals surface area contributed by atoms with E-state index >= 15 is 0 Å². The van der Waals surface area contributed by atoms with Crippen LogP contribution in [-0.4, -0.2) is 9.49 Å². The Balaban J connectivity index is 2.47. The quantitative estimate of drug-likeness (QED) is 0.585. The minimum atomic E-state index is -0.596. The third-order valence-corrected chi connectivity index (χ3v) is 3.44. The molecule has 1 aliphatic carbocycles. The summed E-state index contributed by atoms with van der Waals surface area (Å²) < 4.78 is 1.61. The Hall–Kier alpha value is -1.65. The van der Waals surface area contributed by atoms with Gasteiger partial charge in [0.25, 0.3) is 0 Å². The van der Waals surface area contributed by atoms with E-state index in [2.05, 4.69) is 0 Å². The van der Waals surface area contributed by atoms with E-state index in [-0.39, 0.29) is 11.7 Å². The zero-order valence-electron chi connectivity index (χ0n) is 9.89. The highest BCUT2D eigenvalue weighted by atomic mass is 16.6. The Morgan fingerprint density at radius 1 is 1.29 bits per heavy atom. The second-order valence-corrected chi connectivity index (χ2v) is 4.58. The molecule has 0 aromatic carbocycles. The van der Waals surface area contributed by atoms with Gasteiger partial charge in [0, 0.05) is 17.8 Å². The molecule has 5 heteroatoms. The summed E-state index contributed by atoms with van der Waals surface area (Å²) in [7, 11) is 0. The topological polar surface area (TPSA) is 65.1 Å². The van der Waals surface area contributed by atoms with Crippen molar-refractivity contribution in [3.8, 4) is 0 Å². The van der Waals surface area contributed by atoms with E-state index in [1.165, 1.54) is 12.5 Å². The number of hydrogen-bond acceptors (Lipinski definition) is 3. The van der Waals surface area contributed by atoms with Crippen molar-refractivity contribution in [2.75, 3.05) is 0 Å². The number of aryl methyl sites for hydroxylation is 1. The van der Waals surface area contributed by atoms with Crippen molar-refractivity contribution in [3.05, 3.63) is 38.3 Å². The average molecular weight is 236 g/mol. The van der Waals surface area contributed by atoms with Crippen molar-refractivity contribution < 1.29 is 4.92 Å². The van der Waals surface area contributed by atoms with E-state index in [9.17, 15) is 14.9 Å². The first-order valence-electron chi connectivity index (χ1n) is 5.98. The lowest BCUT2D eigenvalue weighted by molar-refractivity contribution is -0.386. The molecule has 2 rings (SSSR count). The van der Waals surface area contributed by atoms with Gasteiger partial charge in [-0.05, 0) is 25.8 Å². The molecule has 0 saturated heterocycles. The highest BCUT2D eigenvalue weighted by molar-refractivity contribution is 5.28. The van der Waals surface area contributed by atoms with Gasteiger partial charge in [-0.3, -0.25) is 14.9 Å². The zero-order chi connectivity index (χ0) is 12.4. The van der Waals surface area contributed by atoms with E-state index in [0.29, 0.717) is 0 Å². The average Bonchev–Trinajstić information content (AvgIpc) is 2.30. The van der Waals surface area contributed by atoms with Gasteiger partial charge in [-0.25, -0.2) is 0 Å². The van der Waals surface area contributed by atoms with E-state index in [0.717, 1.165) is 31.4 Å². The molecule has 0 bridgehead atoms. The first-order chi connectivity index (χ1) is 8.11. The molecule has 1 fully saturated rings. The second-order valence-electron chi connectivity index (χ2n) is 4.58. The number of hydrogen-bond donors (Lipinski definition) is 0.